The van der Waals surface area contributed by atoms with Crippen molar-refractivity contribution in [3.8, 4) is 11.4 Å². The molecule has 1 atom stereocenters. The molecule has 0 radical (unpaired) electrons. The van der Waals surface area contributed by atoms with Gasteiger partial charge in [-0.2, -0.15) is 0 Å². The van der Waals surface area contributed by atoms with Gasteiger partial charge in [-0.3, -0.25) is 4.98 Å². The van der Waals surface area contributed by atoms with Crippen molar-refractivity contribution in [1.29, 1.82) is 0 Å². The molecule has 72 valence electrons. The minimum absolute atomic E-state index is 0.450. The van der Waals surface area contributed by atoms with Crippen LogP contribution in [0.1, 0.15) is 18.8 Å². The number of pyridine rings is 1. The van der Waals surface area contributed by atoms with Crippen LogP contribution < -0.4 is 0 Å². The molecule has 0 amide bonds. The summed E-state index contributed by atoms with van der Waals surface area (Å²) in [4.78, 5) is 4.12. The first-order chi connectivity index (χ1) is 6.77. The molecule has 1 N–H and O–H groups in total. The summed E-state index contributed by atoms with van der Waals surface area (Å²) in [6.45, 7) is 1.63. The zero-order chi connectivity index (χ0) is 9.97. The summed E-state index contributed by atoms with van der Waals surface area (Å²) in [7, 11) is 0. The van der Waals surface area contributed by atoms with Crippen molar-refractivity contribution in [2.24, 2.45) is 0 Å². The average Bonchev–Trinajstić information content (AvgIpc) is 2.68. The van der Waals surface area contributed by atoms with Crippen molar-refractivity contribution >= 4 is 0 Å². The summed E-state index contributed by atoms with van der Waals surface area (Å²) in [5.41, 5.74) is 1.38. The van der Waals surface area contributed by atoms with Gasteiger partial charge in [-0.05, 0) is 19.1 Å². The van der Waals surface area contributed by atoms with Crippen LogP contribution >= 0.6 is 0 Å². The van der Waals surface area contributed by atoms with Gasteiger partial charge < -0.3 is 9.63 Å². The molecule has 4 nitrogen and oxygen atoms in total. The molecule has 0 aliphatic heterocycles. The Labute approximate surface area is 81.2 Å². The fourth-order valence-corrected chi connectivity index (χ4v) is 1.12. The maximum Gasteiger partial charge on any atom is 0.165 e. The van der Waals surface area contributed by atoms with Crippen LogP contribution in [0.25, 0.3) is 11.4 Å². The van der Waals surface area contributed by atoms with E-state index >= 15 is 0 Å². The van der Waals surface area contributed by atoms with E-state index in [9.17, 15) is 5.11 Å². The second-order valence-corrected chi connectivity index (χ2v) is 3.01. The maximum absolute atomic E-state index is 9.23. The largest absolute Gasteiger partial charge is 0.385 e. The minimum atomic E-state index is -0.639. The highest BCUT2D eigenvalue weighted by molar-refractivity contribution is 5.53. The van der Waals surface area contributed by atoms with Gasteiger partial charge in [0.2, 0.25) is 0 Å². The zero-order valence-electron chi connectivity index (χ0n) is 7.71. The topological polar surface area (TPSA) is 59.2 Å². The van der Waals surface area contributed by atoms with Crippen molar-refractivity contribution in [2.45, 2.75) is 13.0 Å². The Morgan fingerprint density at radius 2 is 2.21 bits per heavy atom. The van der Waals surface area contributed by atoms with Crippen LogP contribution in [0.2, 0.25) is 0 Å². The lowest BCUT2D eigenvalue weighted by Gasteiger charge is -1.93. The molecular formula is C10H10N2O2. The van der Waals surface area contributed by atoms with Crippen molar-refractivity contribution < 1.29 is 9.63 Å². The van der Waals surface area contributed by atoms with E-state index in [0.717, 1.165) is 5.69 Å². The van der Waals surface area contributed by atoms with Gasteiger partial charge >= 0.3 is 0 Å². The lowest BCUT2D eigenvalue weighted by atomic mass is 10.2. The van der Waals surface area contributed by atoms with E-state index < -0.39 is 6.10 Å². The SMILES string of the molecule is CC(O)c1cc(-c2ccccn2)no1. The van der Waals surface area contributed by atoms with Gasteiger partial charge in [0.1, 0.15) is 11.8 Å². The van der Waals surface area contributed by atoms with Gasteiger partial charge in [0.05, 0.1) is 5.69 Å². The molecule has 4 heteroatoms. The number of nitrogens with zero attached hydrogens (tertiary/aromatic N) is 2. The Bertz CT molecular complexity index is 409. The van der Waals surface area contributed by atoms with Crippen LogP contribution in [0.5, 0.6) is 0 Å². The third-order valence-corrected chi connectivity index (χ3v) is 1.87. The fourth-order valence-electron chi connectivity index (χ4n) is 1.12. The summed E-state index contributed by atoms with van der Waals surface area (Å²) in [6.07, 6.45) is 1.05. The van der Waals surface area contributed by atoms with Gasteiger partial charge in [-0.15, -0.1) is 0 Å². The van der Waals surface area contributed by atoms with Gasteiger partial charge in [-0.1, -0.05) is 11.2 Å². The smallest absolute Gasteiger partial charge is 0.165 e. The summed E-state index contributed by atoms with van der Waals surface area (Å²) >= 11 is 0. The van der Waals surface area contributed by atoms with E-state index in [2.05, 4.69) is 10.1 Å². The Kier molecular flexibility index (Phi) is 2.28. The van der Waals surface area contributed by atoms with E-state index in [0.29, 0.717) is 11.5 Å². The molecule has 2 aromatic heterocycles. The first-order valence-electron chi connectivity index (χ1n) is 4.33. The molecule has 2 aromatic rings. The maximum atomic E-state index is 9.23. The van der Waals surface area contributed by atoms with E-state index in [1.807, 2.05) is 18.2 Å². The molecule has 14 heavy (non-hydrogen) atoms. The van der Waals surface area contributed by atoms with Gasteiger partial charge in [-0.25, -0.2) is 0 Å². The van der Waals surface area contributed by atoms with Crippen LogP contribution in [0.4, 0.5) is 0 Å². The average molecular weight is 190 g/mol. The second kappa shape index (κ2) is 3.59. The number of aromatic nitrogens is 2. The van der Waals surface area contributed by atoms with E-state index in [-0.39, 0.29) is 0 Å². The molecule has 0 saturated carbocycles. The monoisotopic (exact) mass is 190 g/mol. The minimum Gasteiger partial charge on any atom is -0.385 e. The molecule has 0 saturated heterocycles. The Morgan fingerprint density at radius 1 is 1.36 bits per heavy atom. The summed E-state index contributed by atoms with van der Waals surface area (Å²) in [5.74, 6) is 0.450. The molecule has 1 unspecified atom stereocenters. The van der Waals surface area contributed by atoms with Crippen molar-refractivity contribution in [3.05, 3.63) is 36.2 Å². The van der Waals surface area contributed by atoms with Crippen LogP contribution in [0.3, 0.4) is 0 Å². The number of aliphatic hydroxyl groups is 1. The normalized spacial score (nSPS) is 12.7. The first-order valence-corrected chi connectivity index (χ1v) is 4.33. The van der Waals surface area contributed by atoms with Crippen LogP contribution in [-0.2, 0) is 0 Å². The number of hydrogen-bond donors (Lipinski definition) is 1. The molecule has 0 bridgehead atoms. The Morgan fingerprint density at radius 3 is 2.79 bits per heavy atom. The summed E-state index contributed by atoms with van der Waals surface area (Å²) in [5, 5.41) is 13.0. The summed E-state index contributed by atoms with van der Waals surface area (Å²) in [6, 6.07) is 7.23. The van der Waals surface area contributed by atoms with Gasteiger partial charge in [0.15, 0.2) is 5.76 Å². The highest BCUT2D eigenvalue weighted by Crippen LogP contribution is 2.19. The quantitative estimate of drug-likeness (QED) is 0.784. The van der Waals surface area contributed by atoms with Crippen molar-refractivity contribution in [2.75, 3.05) is 0 Å². The lowest BCUT2D eigenvalue weighted by Crippen LogP contribution is -1.85. The molecule has 2 heterocycles. The third-order valence-electron chi connectivity index (χ3n) is 1.87. The van der Waals surface area contributed by atoms with Crippen molar-refractivity contribution in [1.82, 2.24) is 10.1 Å². The molecule has 0 aromatic carbocycles. The zero-order valence-corrected chi connectivity index (χ0v) is 7.71. The highest BCUT2D eigenvalue weighted by Gasteiger charge is 2.10. The number of rotatable bonds is 2. The molecule has 0 aliphatic rings. The van der Waals surface area contributed by atoms with Crippen molar-refractivity contribution in [3.63, 3.8) is 0 Å². The summed E-state index contributed by atoms with van der Waals surface area (Å²) < 4.78 is 4.94. The fraction of sp³-hybridized carbons (Fsp3) is 0.200. The van der Waals surface area contributed by atoms with Gasteiger partial charge in [0, 0.05) is 12.3 Å². The standard InChI is InChI=1S/C10H10N2O2/c1-7(13)10-6-9(12-14-10)8-4-2-3-5-11-8/h2-7,13H,1H3. The number of aliphatic hydroxyl groups excluding tert-OH is 1. The van der Waals surface area contributed by atoms with E-state index in [1.54, 1.807) is 19.2 Å². The third kappa shape index (κ3) is 1.65. The molecular weight excluding hydrogens is 180 g/mol. The highest BCUT2D eigenvalue weighted by atomic mass is 16.5. The van der Waals surface area contributed by atoms with Crippen LogP contribution in [0.15, 0.2) is 35.0 Å². The second-order valence-electron chi connectivity index (χ2n) is 3.01. The molecule has 0 aliphatic carbocycles. The first kappa shape index (κ1) is 8.90. The van der Waals surface area contributed by atoms with E-state index in [4.69, 9.17) is 4.52 Å². The molecule has 2 rings (SSSR count). The Hall–Kier alpha value is -1.68. The van der Waals surface area contributed by atoms with Gasteiger partial charge in [0.25, 0.3) is 0 Å². The predicted octanol–water partition coefficient (Wildman–Crippen LogP) is 1.79. The molecule has 0 fully saturated rings. The number of hydrogen-bond acceptors (Lipinski definition) is 4. The predicted molar refractivity (Wildman–Crippen MR) is 50.4 cm³/mol. The Balaban J connectivity index is 2.34. The van der Waals surface area contributed by atoms with Crippen LogP contribution in [0, 0.1) is 0 Å². The molecule has 0 spiro atoms. The van der Waals surface area contributed by atoms with Crippen LogP contribution in [-0.4, -0.2) is 15.2 Å². The lowest BCUT2D eigenvalue weighted by molar-refractivity contribution is 0.158. The van der Waals surface area contributed by atoms with E-state index in [1.165, 1.54) is 0 Å².